The van der Waals surface area contributed by atoms with E-state index in [1.807, 2.05) is 13.8 Å². The Kier molecular flexibility index (Phi) is 6.87. The highest BCUT2D eigenvalue weighted by molar-refractivity contribution is 5.77. The van der Waals surface area contributed by atoms with Crippen molar-refractivity contribution in [1.82, 2.24) is 24.6 Å². The van der Waals surface area contributed by atoms with Crippen LogP contribution in [0.3, 0.4) is 0 Å². The van der Waals surface area contributed by atoms with Gasteiger partial charge in [-0.25, -0.2) is 22.5 Å². The summed E-state index contributed by atoms with van der Waals surface area (Å²) in [5, 5.41) is 9.47. The second kappa shape index (κ2) is 9.86. The quantitative estimate of drug-likeness (QED) is 0.488. The van der Waals surface area contributed by atoms with Crippen LogP contribution < -0.4 is 10.6 Å². The van der Waals surface area contributed by atoms with Crippen molar-refractivity contribution >= 4 is 23.4 Å². The zero-order chi connectivity index (χ0) is 25.2. The lowest BCUT2D eigenvalue weighted by molar-refractivity contribution is -0.147. The molecule has 1 aromatic carbocycles. The molecule has 0 spiro atoms. The number of aromatic nitrogens is 4. The van der Waals surface area contributed by atoms with Crippen molar-refractivity contribution in [2.75, 3.05) is 30.4 Å². The van der Waals surface area contributed by atoms with Crippen molar-refractivity contribution in [3.63, 3.8) is 0 Å². The number of rotatable bonds is 7. The maximum atomic E-state index is 14.1. The van der Waals surface area contributed by atoms with Crippen LogP contribution in [0.4, 0.5) is 35.0 Å². The average Bonchev–Trinajstić information content (AvgIpc) is 3.21. The smallest absolute Gasteiger partial charge is 0.244 e. The molecule has 0 unspecified atom stereocenters. The van der Waals surface area contributed by atoms with E-state index in [1.165, 1.54) is 10.9 Å². The van der Waals surface area contributed by atoms with Crippen LogP contribution >= 0.6 is 0 Å². The average molecular weight is 493 g/mol. The van der Waals surface area contributed by atoms with Gasteiger partial charge < -0.3 is 20.3 Å². The van der Waals surface area contributed by atoms with Crippen molar-refractivity contribution in [2.24, 2.45) is 0 Å². The molecule has 3 aromatic rings. The first-order valence-electron chi connectivity index (χ1n) is 10.7. The van der Waals surface area contributed by atoms with E-state index in [4.69, 9.17) is 4.74 Å². The first-order valence-corrected chi connectivity index (χ1v) is 10.7. The zero-order valence-electron chi connectivity index (χ0n) is 19.0. The molecule has 1 amide bonds. The number of carbonyl (C=O) groups excluding carboxylic acids is 1. The molecule has 3 heterocycles. The van der Waals surface area contributed by atoms with Crippen LogP contribution in [0, 0.1) is 23.3 Å². The number of anilines is 3. The predicted molar refractivity (Wildman–Crippen MR) is 118 cm³/mol. The number of hydrogen-bond donors (Lipinski definition) is 2. The molecule has 2 N–H and O–H groups in total. The van der Waals surface area contributed by atoms with Crippen molar-refractivity contribution in [2.45, 2.75) is 32.5 Å². The Balaban J connectivity index is 1.41. The molecule has 35 heavy (non-hydrogen) atoms. The molecule has 0 aliphatic carbocycles. The standard InChI is InChI=1S/C22H23F4N7O2/c1-22(2)12-35-4-3-33(22)19(34)11-32-10-14(7-29-32)30-21-28-9-18(26)20(31-21)27-8-15-16(24)5-13(23)6-17(15)25/h5-7,9-10H,3-4,8,11-12H2,1-2H3,(H2,27,28,30,31). The SMILES string of the molecule is CC1(C)COCCN1C(=O)Cn1cc(Nc2ncc(F)c(NCc3c(F)cc(F)cc3F)n2)cn1. The van der Waals surface area contributed by atoms with Crippen LogP contribution in [0.1, 0.15) is 19.4 Å². The summed E-state index contributed by atoms with van der Waals surface area (Å²) >= 11 is 0. The van der Waals surface area contributed by atoms with Crippen LogP contribution in [-0.4, -0.2) is 55.9 Å². The summed E-state index contributed by atoms with van der Waals surface area (Å²) in [7, 11) is 0. The molecule has 1 saturated heterocycles. The van der Waals surface area contributed by atoms with Crippen LogP contribution in [0.2, 0.25) is 0 Å². The Morgan fingerprint density at radius 1 is 1.14 bits per heavy atom. The molecule has 1 fully saturated rings. The Hall–Kier alpha value is -3.74. The van der Waals surface area contributed by atoms with Gasteiger partial charge in [-0.3, -0.25) is 9.48 Å². The molecule has 2 aromatic heterocycles. The summed E-state index contributed by atoms with van der Waals surface area (Å²) < 4.78 is 61.8. The highest BCUT2D eigenvalue weighted by atomic mass is 19.1. The molecule has 0 atom stereocenters. The van der Waals surface area contributed by atoms with Gasteiger partial charge in [0.15, 0.2) is 11.6 Å². The Morgan fingerprint density at radius 3 is 2.60 bits per heavy atom. The molecule has 4 rings (SSSR count). The highest BCUT2D eigenvalue weighted by Gasteiger charge is 2.34. The van der Waals surface area contributed by atoms with Gasteiger partial charge in [-0.05, 0) is 13.8 Å². The van der Waals surface area contributed by atoms with Crippen LogP contribution in [-0.2, 0) is 22.6 Å². The number of nitrogens with zero attached hydrogens (tertiary/aromatic N) is 5. The fourth-order valence-electron chi connectivity index (χ4n) is 3.65. The molecule has 1 aliphatic heterocycles. The van der Waals surface area contributed by atoms with Crippen LogP contribution in [0.15, 0.2) is 30.7 Å². The summed E-state index contributed by atoms with van der Waals surface area (Å²) in [6, 6.07) is 1.07. The minimum Gasteiger partial charge on any atom is -0.377 e. The third-order valence-electron chi connectivity index (χ3n) is 5.42. The van der Waals surface area contributed by atoms with E-state index in [0.717, 1.165) is 6.20 Å². The second-order valence-corrected chi connectivity index (χ2v) is 8.55. The van der Waals surface area contributed by atoms with E-state index in [2.05, 4.69) is 25.7 Å². The van der Waals surface area contributed by atoms with Crippen molar-refractivity contribution in [1.29, 1.82) is 0 Å². The lowest BCUT2D eigenvalue weighted by Crippen LogP contribution is -2.56. The third-order valence-corrected chi connectivity index (χ3v) is 5.42. The molecule has 0 radical (unpaired) electrons. The van der Waals surface area contributed by atoms with Crippen LogP contribution in [0.5, 0.6) is 0 Å². The summed E-state index contributed by atoms with van der Waals surface area (Å²) in [4.78, 5) is 22.3. The summed E-state index contributed by atoms with van der Waals surface area (Å²) in [5.41, 5.74) is -0.449. The minimum atomic E-state index is -1.11. The van der Waals surface area contributed by atoms with Crippen molar-refractivity contribution in [3.05, 3.63) is 59.6 Å². The highest BCUT2D eigenvalue weighted by Crippen LogP contribution is 2.21. The van der Waals surface area contributed by atoms with Gasteiger partial charge in [0.2, 0.25) is 11.9 Å². The lowest BCUT2D eigenvalue weighted by atomic mass is 10.0. The summed E-state index contributed by atoms with van der Waals surface area (Å²) in [6.45, 7) is 4.81. The fraction of sp³-hybridized carbons (Fsp3) is 0.364. The van der Waals surface area contributed by atoms with Gasteiger partial charge >= 0.3 is 0 Å². The predicted octanol–water partition coefficient (Wildman–Crippen LogP) is 3.22. The Morgan fingerprint density at radius 2 is 1.89 bits per heavy atom. The van der Waals surface area contributed by atoms with E-state index >= 15 is 0 Å². The number of amides is 1. The topological polar surface area (TPSA) is 97.2 Å². The number of ether oxygens (including phenoxy) is 1. The number of morpholine rings is 1. The maximum Gasteiger partial charge on any atom is 0.244 e. The third kappa shape index (κ3) is 5.67. The minimum absolute atomic E-state index is 0.0109. The largest absolute Gasteiger partial charge is 0.377 e. The van der Waals surface area contributed by atoms with Gasteiger partial charge in [0.25, 0.3) is 0 Å². The Bertz CT molecular complexity index is 1210. The van der Waals surface area contributed by atoms with Gasteiger partial charge in [0, 0.05) is 37.0 Å². The molecule has 9 nitrogen and oxygen atoms in total. The summed E-state index contributed by atoms with van der Waals surface area (Å²) in [6.07, 6.45) is 3.89. The van der Waals surface area contributed by atoms with Gasteiger partial charge in [-0.15, -0.1) is 0 Å². The first-order chi connectivity index (χ1) is 16.6. The number of hydrogen-bond acceptors (Lipinski definition) is 7. The molecular formula is C22H23F4N7O2. The van der Waals surface area contributed by atoms with E-state index in [-0.39, 0.29) is 24.2 Å². The van der Waals surface area contributed by atoms with E-state index in [9.17, 15) is 22.4 Å². The monoisotopic (exact) mass is 493 g/mol. The van der Waals surface area contributed by atoms with Crippen LogP contribution in [0.25, 0.3) is 0 Å². The maximum absolute atomic E-state index is 14.1. The molecule has 1 aliphatic rings. The summed E-state index contributed by atoms with van der Waals surface area (Å²) in [5.74, 6) is -4.57. The number of carbonyl (C=O) groups is 1. The van der Waals surface area contributed by atoms with Gasteiger partial charge in [0.1, 0.15) is 24.0 Å². The van der Waals surface area contributed by atoms with E-state index in [1.54, 1.807) is 11.1 Å². The molecule has 186 valence electrons. The van der Waals surface area contributed by atoms with Crippen molar-refractivity contribution < 1.29 is 27.1 Å². The number of nitrogens with one attached hydrogen (secondary N) is 2. The first kappa shape index (κ1) is 24.4. The van der Waals surface area contributed by atoms with Gasteiger partial charge in [-0.1, -0.05) is 0 Å². The second-order valence-electron chi connectivity index (χ2n) is 8.55. The van der Waals surface area contributed by atoms with Gasteiger partial charge in [-0.2, -0.15) is 10.1 Å². The van der Waals surface area contributed by atoms with E-state index in [0.29, 0.717) is 37.6 Å². The zero-order valence-corrected chi connectivity index (χ0v) is 19.0. The number of halogens is 4. The molecular weight excluding hydrogens is 470 g/mol. The van der Waals surface area contributed by atoms with Crippen molar-refractivity contribution in [3.8, 4) is 0 Å². The fourth-order valence-corrected chi connectivity index (χ4v) is 3.65. The lowest BCUT2D eigenvalue weighted by Gasteiger charge is -2.42. The van der Waals surface area contributed by atoms with E-state index < -0.39 is 40.9 Å². The Labute approximate surface area is 198 Å². The molecule has 0 saturated carbocycles. The molecule has 0 bridgehead atoms. The normalized spacial score (nSPS) is 15.2. The van der Waals surface area contributed by atoms with Gasteiger partial charge in [0.05, 0.1) is 36.8 Å². The molecule has 13 heteroatoms. The number of benzene rings is 1.